The molecule has 2 aromatic rings. The van der Waals surface area contributed by atoms with E-state index in [-0.39, 0.29) is 11.9 Å². The van der Waals surface area contributed by atoms with Crippen LogP contribution in [0.1, 0.15) is 41.7 Å². The number of benzene rings is 1. The highest BCUT2D eigenvalue weighted by molar-refractivity contribution is 7.10. The van der Waals surface area contributed by atoms with Crippen LogP contribution >= 0.6 is 11.3 Å². The number of ether oxygens (including phenoxy) is 2. The number of thiophene rings is 1. The first-order valence-corrected chi connectivity index (χ1v) is 10.7. The van der Waals surface area contributed by atoms with Gasteiger partial charge in [0.15, 0.2) is 6.29 Å². The van der Waals surface area contributed by atoms with E-state index in [2.05, 4.69) is 46.7 Å². The second kappa shape index (κ2) is 8.22. The molecule has 1 aromatic heterocycles. The number of aryl methyl sites for hydroxylation is 1. The summed E-state index contributed by atoms with van der Waals surface area (Å²) in [5.41, 5.74) is 2.77. The van der Waals surface area contributed by atoms with Gasteiger partial charge in [-0.1, -0.05) is 30.3 Å². The average Bonchev–Trinajstić information content (AvgIpc) is 3.17. The monoisotopic (exact) mass is 371 g/mol. The van der Waals surface area contributed by atoms with Gasteiger partial charge in [-0.3, -0.25) is 0 Å². The molecule has 0 aliphatic carbocycles. The number of hydrogen-bond acceptors (Lipinski definition) is 4. The van der Waals surface area contributed by atoms with Gasteiger partial charge in [-0.05, 0) is 61.2 Å². The second-order valence-corrected chi connectivity index (χ2v) is 8.52. The number of piperidine rings is 1. The van der Waals surface area contributed by atoms with Crippen LogP contribution in [0.3, 0.4) is 0 Å². The fourth-order valence-corrected chi connectivity index (χ4v) is 5.36. The maximum absolute atomic E-state index is 6.44. The van der Waals surface area contributed by atoms with E-state index in [4.69, 9.17) is 9.47 Å². The SMILES string of the molecule is CO[C@H]1Cc2sccc2C2(CCN(CCCCc3ccccc3)CC2)O1. The van der Waals surface area contributed by atoms with Crippen molar-refractivity contribution in [1.29, 1.82) is 0 Å². The Morgan fingerprint density at radius 2 is 1.96 bits per heavy atom. The van der Waals surface area contributed by atoms with Crippen LogP contribution in [0.4, 0.5) is 0 Å². The Kier molecular flexibility index (Phi) is 5.75. The van der Waals surface area contributed by atoms with E-state index in [1.165, 1.54) is 41.8 Å². The molecule has 2 aliphatic heterocycles. The molecule has 1 fully saturated rings. The first-order valence-electron chi connectivity index (χ1n) is 9.83. The quantitative estimate of drug-likeness (QED) is 0.692. The van der Waals surface area contributed by atoms with Gasteiger partial charge in [-0.2, -0.15) is 0 Å². The summed E-state index contributed by atoms with van der Waals surface area (Å²) in [5.74, 6) is 0. The predicted molar refractivity (Wildman–Crippen MR) is 107 cm³/mol. The molecule has 0 N–H and O–H groups in total. The van der Waals surface area contributed by atoms with Crippen LogP contribution in [0.25, 0.3) is 0 Å². The van der Waals surface area contributed by atoms with Crippen LogP contribution in [0.5, 0.6) is 0 Å². The van der Waals surface area contributed by atoms with Gasteiger partial charge in [-0.15, -0.1) is 11.3 Å². The summed E-state index contributed by atoms with van der Waals surface area (Å²) in [5, 5.41) is 2.21. The Morgan fingerprint density at radius 1 is 1.15 bits per heavy atom. The van der Waals surface area contributed by atoms with Crippen molar-refractivity contribution in [1.82, 2.24) is 4.90 Å². The van der Waals surface area contributed by atoms with E-state index in [1.807, 2.05) is 11.3 Å². The normalized spacial score (nSPS) is 22.4. The van der Waals surface area contributed by atoms with E-state index in [9.17, 15) is 0 Å². The lowest BCUT2D eigenvalue weighted by molar-refractivity contribution is -0.226. The van der Waals surface area contributed by atoms with Crippen molar-refractivity contribution in [2.45, 2.75) is 50.4 Å². The van der Waals surface area contributed by atoms with Gasteiger partial charge in [0, 0.05) is 31.5 Å². The van der Waals surface area contributed by atoms with E-state index < -0.39 is 0 Å². The molecule has 4 heteroatoms. The van der Waals surface area contributed by atoms with Gasteiger partial charge >= 0.3 is 0 Å². The maximum atomic E-state index is 6.44. The van der Waals surface area contributed by atoms with Crippen molar-refractivity contribution in [3.8, 4) is 0 Å². The Morgan fingerprint density at radius 3 is 2.73 bits per heavy atom. The largest absolute Gasteiger partial charge is 0.355 e. The highest BCUT2D eigenvalue weighted by Gasteiger charge is 2.44. The minimum Gasteiger partial charge on any atom is -0.355 e. The molecule has 1 atom stereocenters. The van der Waals surface area contributed by atoms with Crippen LogP contribution in [0.15, 0.2) is 41.8 Å². The Labute approximate surface area is 160 Å². The molecular weight excluding hydrogens is 342 g/mol. The number of nitrogens with zero attached hydrogens (tertiary/aromatic N) is 1. The predicted octanol–water partition coefficient (Wildman–Crippen LogP) is 4.61. The molecule has 0 amide bonds. The summed E-state index contributed by atoms with van der Waals surface area (Å²) >= 11 is 1.85. The molecule has 0 radical (unpaired) electrons. The Bertz CT molecular complexity index is 691. The fourth-order valence-electron chi connectivity index (χ4n) is 4.38. The van der Waals surface area contributed by atoms with Crippen LogP contribution in [-0.4, -0.2) is 37.9 Å². The smallest absolute Gasteiger partial charge is 0.163 e. The number of rotatable bonds is 6. The molecule has 3 nitrogen and oxygen atoms in total. The summed E-state index contributed by atoms with van der Waals surface area (Å²) in [6, 6.07) is 13.1. The third-order valence-electron chi connectivity index (χ3n) is 5.90. The number of methoxy groups -OCH3 is 1. The zero-order chi connectivity index (χ0) is 17.8. The topological polar surface area (TPSA) is 21.7 Å². The number of hydrogen-bond donors (Lipinski definition) is 0. The lowest BCUT2D eigenvalue weighted by atomic mass is 9.82. The lowest BCUT2D eigenvalue weighted by Gasteiger charge is -2.46. The fraction of sp³-hybridized carbons (Fsp3) is 0.545. The van der Waals surface area contributed by atoms with Crippen molar-refractivity contribution in [2.24, 2.45) is 0 Å². The van der Waals surface area contributed by atoms with Crippen molar-refractivity contribution >= 4 is 11.3 Å². The van der Waals surface area contributed by atoms with Crippen molar-refractivity contribution < 1.29 is 9.47 Å². The first kappa shape index (κ1) is 18.2. The summed E-state index contributed by atoms with van der Waals surface area (Å²) in [4.78, 5) is 4.07. The Balaban J connectivity index is 1.28. The Hall–Kier alpha value is -1.20. The number of likely N-dealkylation sites (tertiary alicyclic amines) is 1. The second-order valence-electron chi connectivity index (χ2n) is 7.52. The maximum Gasteiger partial charge on any atom is 0.163 e. The van der Waals surface area contributed by atoms with E-state index in [1.54, 1.807) is 7.11 Å². The van der Waals surface area contributed by atoms with E-state index in [0.29, 0.717) is 0 Å². The van der Waals surface area contributed by atoms with Gasteiger partial charge < -0.3 is 14.4 Å². The minimum atomic E-state index is -0.116. The number of fused-ring (bicyclic) bond motifs is 2. The molecule has 3 heterocycles. The van der Waals surface area contributed by atoms with Gasteiger partial charge in [0.1, 0.15) is 0 Å². The van der Waals surface area contributed by atoms with Crippen molar-refractivity contribution in [3.05, 3.63) is 57.8 Å². The zero-order valence-corrected chi connectivity index (χ0v) is 16.5. The van der Waals surface area contributed by atoms with E-state index in [0.717, 1.165) is 32.4 Å². The molecule has 1 aromatic carbocycles. The molecule has 0 bridgehead atoms. The highest BCUT2D eigenvalue weighted by atomic mass is 32.1. The van der Waals surface area contributed by atoms with Crippen LogP contribution in [0.2, 0.25) is 0 Å². The summed E-state index contributed by atoms with van der Waals surface area (Å²) in [6.45, 7) is 3.45. The van der Waals surface area contributed by atoms with Crippen molar-refractivity contribution in [2.75, 3.05) is 26.7 Å². The standard InChI is InChI=1S/C22H29NO2S/c1-24-21-17-20-19(10-16-26-20)22(25-21)11-14-23(15-12-22)13-6-5-9-18-7-3-2-4-8-18/h2-4,7-8,10,16,21H,5-6,9,11-15,17H2,1H3/t21-/m1/s1. The number of unbranched alkanes of at least 4 members (excludes halogenated alkanes) is 1. The van der Waals surface area contributed by atoms with Crippen molar-refractivity contribution in [3.63, 3.8) is 0 Å². The van der Waals surface area contributed by atoms with Crippen LogP contribution < -0.4 is 0 Å². The molecule has 0 unspecified atom stereocenters. The minimum absolute atomic E-state index is 0.0847. The zero-order valence-electron chi connectivity index (χ0n) is 15.7. The molecule has 1 spiro atoms. The van der Waals surface area contributed by atoms with Gasteiger partial charge in [0.05, 0.1) is 5.60 Å². The first-order chi connectivity index (χ1) is 12.8. The molecular formula is C22H29NO2S. The molecule has 2 aliphatic rings. The van der Waals surface area contributed by atoms with E-state index >= 15 is 0 Å². The summed E-state index contributed by atoms with van der Waals surface area (Å²) in [7, 11) is 1.76. The molecule has 0 saturated carbocycles. The van der Waals surface area contributed by atoms with Crippen LogP contribution in [0, 0.1) is 0 Å². The molecule has 26 heavy (non-hydrogen) atoms. The summed E-state index contributed by atoms with van der Waals surface area (Å²) < 4.78 is 12.0. The average molecular weight is 372 g/mol. The highest BCUT2D eigenvalue weighted by Crippen LogP contribution is 2.45. The van der Waals surface area contributed by atoms with Gasteiger partial charge in [-0.25, -0.2) is 0 Å². The van der Waals surface area contributed by atoms with Gasteiger partial charge in [0.25, 0.3) is 0 Å². The lowest BCUT2D eigenvalue weighted by Crippen LogP contribution is -2.48. The third-order valence-corrected chi connectivity index (χ3v) is 6.85. The molecule has 4 rings (SSSR count). The third kappa shape index (κ3) is 3.89. The van der Waals surface area contributed by atoms with Gasteiger partial charge in [0.2, 0.25) is 0 Å². The molecule has 1 saturated heterocycles. The van der Waals surface area contributed by atoms with Crippen LogP contribution in [-0.2, 0) is 27.9 Å². The molecule has 140 valence electrons. The summed E-state index contributed by atoms with van der Waals surface area (Å²) in [6.07, 6.45) is 6.70.